The molecule has 0 fully saturated rings. The van der Waals surface area contributed by atoms with Crippen LogP contribution in [0.4, 0.5) is 0 Å². The quantitative estimate of drug-likeness (QED) is 0.500. The third kappa shape index (κ3) is 4.64. The zero-order valence-corrected chi connectivity index (χ0v) is 11.4. The van der Waals surface area contributed by atoms with Crippen LogP contribution in [0, 0.1) is 5.41 Å². The van der Waals surface area contributed by atoms with Gasteiger partial charge < -0.3 is 5.73 Å². The van der Waals surface area contributed by atoms with Gasteiger partial charge in [0.15, 0.2) is 5.17 Å². The topological polar surface area (TPSA) is 49.9 Å². The van der Waals surface area contributed by atoms with Crippen LogP contribution in [0.15, 0.2) is 54.6 Å². The lowest BCUT2D eigenvalue weighted by molar-refractivity contribution is 1.41. The normalized spacial score (nSPS) is 10.7. The Morgan fingerprint density at radius 3 is 2.11 bits per heavy atom. The first kappa shape index (κ1) is 13.4. The van der Waals surface area contributed by atoms with Crippen molar-refractivity contribution in [3.63, 3.8) is 0 Å². The summed E-state index contributed by atoms with van der Waals surface area (Å²) in [5, 5.41) is 7.34. The zero-order chi connectivity index (χ0) is 13.5. The van der Waals surface area contributed by atoms with Gasteiger partial charge in [0, 0.05) is 5.75 Å². The summed E-state index contributed by atoms with van der Waals surface area (Å²) in [6, 6.07) is 18.5. The van der Waals surface area contributed by atoms with E-state index in [0.717, 1.165) is 5.75 Å². The van der Waals surface area contributed by atoms with Crippen molar-refractivity contribution in [2.45, 2.75) is 5.75 Å². The highest BCUT2D eigenvalue weighted by Crippen LogP contribution is 2.14. The van der Waals surface area contributed by atoms with Gasteiger partial charge in [0.25, 0.3) is 0 Å². The van der Waals surface area contributed by atoms with Crippen molar-refractivity contribution in [1.82, 2.24) is 0 Å². The Labute approximate surface area is 117 Å². The molecule has 19 heavy (non-hydrogen) atoms. The van der Waals surface area contributed by atoms with E-state index in [1.54, 1.807) is 0 Å². The Bertz CT molecular complexity index is 559. The molecule has 2 aromatic carbocycles. The molecule has 0 spiro atoms. The smallest absolute Gasteiger partial charge is 0.151 e. The largest absolute Gasteiger partial charge is 0.379 e. The van der Waals surface area contributed by atoms with Gasteiger partial charge in [0.05, 0.1) is 0 Å². The maximum atomic E-state index is 7.18. The number of nitrogens with two attached hydrogens (primary N) is 1. The van der Waals surface area contributed by atoms with E-state index in [-0.39, 0.29) is 5.17 Å². The molecule has 0 aliphatic carbocycles. The van der Waals surface area contributed by atoms with E-state index in [4.69, 9.17) is 11.1 Å². The van der Waals surface area contributed by atoms with E-state index < -0.39 is 0 Å². The Kier molecular flexibility index (Phi) is 4.81. The van der Waals surface area contributed by atoms with E-state index in [1.165, 1.54) is 28.5 Å². The molecule has 0 aromatic heterocycles. The fraction of sp³-hybridized carbons (Fsp3) is 0.0625. The van der Waals surface area contributed by atoms with E-state index in [9.17, 15) is 0 Å². The summed E-state index contributed by atoms with van der Waals surface area (Å²) in [6.07, 6.45) is 4.19. The Morgan fingerprint density at radius 1 is 0.947 bits per heavy atom. The van der Waals surface area contributed by atoms with Gasteiger partial charge in [-0.05, 0) is 16.7 Å². The third-order valence-corrected chi connectivity index (χ3v) is 3.43. The molecule has 0 radical (unpaired) electrons. The van der Waals surface area contributed by atoms with Crippen LogP contribution in [0.2, 0.25) is 0 Å². The van der Waals surface area contributed by atoms with Gasteiger partial charge in [-0.15, -0.1) is 0 Å². The maximum absolute atomic E-state index is 7.18. The van der Waals surface area contributed by atoms with Gasteiger partial charge in [0.1, 0.15) is 0 Å². The molecule has 0 heterocycles. The second-order valence-corrected chi connectivity index (χ2v) is 5.16. The molecule has 0 aliphatic heterocycles. The number of hydrogen-bond donors (Lipinski definition) is 2. The van der Waals surface area contributed by atoms with Crippen molar-refractivity contribution in [2.75, 3.05) is 0 Å². The molecular weight excluding hydrogens is 252 g/mol. The molecule has 0 amide bonds. The first-order valence-corrected chi connectivity index (χ1v) is 7.01. The van der Waals surface area contributed by atoms with Crippen LogP contribution in [0.3, 0.4) is 0 Å². The van der Waals surface area contributed by atoms with Gasteiger partial charge >= 0.3 is 0 Å². The average Bonchev–Trinajstić information content (AvgIpc) is 2.45. The molecule has 96 valence electrons. The van der Waals surface area contributed by atoms with Crippen LogP contribution in [0.5, 0.6) is 0 Å². The average molecular weight is 268 g/mol. The SMILES string of the molecule is N=C(N)SCc1ccc(/C=C/c2ccccc2)cc1. The number of thioether (sulfide) groups is 1. The van der Waals surface area contributed by atoms with Gasteiger partial charge in [-0.3, -0.25) is 5.41 Å². The second-order valence-electron chi connectivity index (χ2n) is 4.14. The lowest BCUT2D eigenvalue weighted by atomic mass is 10.1. The second kappa shape index (κ2) is 6.81. The molecule has 2 aromatic rings. The zero-order valence-electron chi connectivity index (χ0n) is 10.5. The maximum Gasteiger partial charge on any atom is 0.151 e. The van der Waals surface area contributed by atoms with Crippen LogP contribution in [0.25, 0.3) is 12.2 Å². The van der Waals surface area contributed by atoms with Crippen molar-refractivity contribution < 1.29 is 0 Å². The summed E-state index contributed by atoms with van der Waals surface area (Å²) < 4.78 is 0. The summed E-state index contributed by atoms with van der Waals surface area (Å²) in [4.78, 5) is 0. The van der Waals surface area contributed by atoms with Gasteiger partial charge in [-0.2, -0.15) is 0 Å². The molecule has 2 nitrogen and oxygen atoms in total. The molecule has 3 N–H and O–H groups in total. The predicted octanol–water partition coefficient (Wildman–Crippen LogP) is 3.98. The van der Waals surface area contributed by atoms with Crippen molar-refractivity contribution in [3.05, 3.63) is 71.3 Å². The molecule has 0 bridgehead atoms. The predicted molar refractivity (Wildman–Crippen MR) is 85.0 cm³/mol. The fourth-order valence-electron chi connectivity index (χ4n) is 1.64. The number of rotatable bonds is 4. The van der Waals surface area contributed by atoms with E-state index >= 15 is 0 Å². The van der Waals surface area contributed by atoms with Gasteiger partial charge in [-0.1, -0.05) is 78.5 Å². The lowest BCUT2D eigenvalue weighted by Crippen LogP contribution is -2.03. The van der Waals surface area contributed by atoms with Crippen molar-refractivity contribution >= 4 is 29.1 Å². The van der Waals surface area contributed by atoms with Crippen molar-refractivity contribution in [3.8, 4) is 0 Å². The van der Waals surface area contributed by atoms with Crippen LogP contribution >= 0.6 is 11.8 Å². The monoisotopic (exact) mass is 268 g/mol. The van der Waals surface area contributed by atoms with Gasteiger partial charge in [-0.25, -0.2) is 0 Å². The van der Waals surface area contributed by atoms with Crippen molar-refractivity contribution in [2.24, 2.45) is 5.73 Å². The van der Waals surface area contributed by atoms with Crippen LogP contribution in [-0.2, 0) is 5.75 Å². The summed E-state index contributed by atoms with van der Waals surface area (Å²) in [5.74, 6) is 0.748. The first-order valence-electron chi connectivity index (χ1n) is 6.03. The Hall–Kier alpha value is -2.00. The minimum absolute atomic E-state index is 0.160. The fourth-order valence-corrected chi connectivity index (χ4v) is 2.16. The molecule has 0 atom stereocenters. The minimum atomic E-state index is 0.160. The summed E-state index contributed by atoms with van der Waals surface area (Å²) in [6.45, 7) is 0. The molecule has 2 rings (SSSR count). The standard InChI is InChI=1S/C16H16N2S/c17-16(18)19-12-15-10-8-14(9-11-15)7-6-13-4-2-1-3-5-13/h1-11H,12H2,(H3,17,18)/b7-6+. The molecule has 0 unspecified atom stereocenters. The molecular formula is C16H16N2S. The van der Waals surface area contributed by atoms with Crippen LogP contribution in [-0.4, -0.2) is 5.17 Å². The van der Waals surface area contributed by atoms with Crippen LogP contribution < -0.4 is 5.73 Å². The highest BCUT2D eigenvalue weighted by molar-refractivity contribution is 8.13. The minimum Gasteiger partial charge on any atom is -0.379 e. The third-order valence-electron chi connectivity index (χ3n) is 2.64. The molecule has 0 saturated heterocycles. The molecule has 3 heteroatoms. The van der Waals surface area contributed by atoms with E-state index in [2.05, 4.69) is 48.6 Å². The van der Waals surface area contributed by atoms with E-state index in [1.807, 2.05) is 18.2 Å². The summed E-state index contributed by atoms with van der Waals surface area (Å²) in [5.41, 5.74) is 8.86. The van der Waals surface area contributed by atoms with E-state index in [0.29, 0.717) is 0 Å². The highest BCUT2D eigenvalue weighted by Gasteiger charge is 1.95. The number of nitrogens with one attached hydrogen (secondary N) is 1. The number of hydrogen-bond acceptors (Lipinski definition) is 2. The summed E-state index contributed by atoms with van der Waals surface area (Å²) in [7, 11) is 0. The Morgan fingerprint density at radius 2 is 1.53 bits per heavy atom. The molecule has 0 saturated carbocycles. The number of amidine groups is 1. The summed E-state index contributed by atoms with van der Waals surface area (Å²) >= 11 is 1.34. The molecule has 0 aliphatic rings. The highest BCUT2D eigenvalue weighted by atomic mass is 32.2. The first-order chi connectivity index (χ1) is 9.24. The van der Waals surface area contributed by atoms with Gasteiger partial charge in [0.2, 0.25) is 0 Å². The van der Waals surface area contributed by atoms with Crippen molar-refractivity contribution in [1.29, 1.82) is 5.41 Å². The number of benzene rings is 2. The Balaban J connectivity index is 1.99. The lowest BCUT2D eigenvalue weighted by Gasteiger charge is -2.00. The van der Waals surface area contributed by atoms with Crippen LogP contribution in [0.1, 0.15) is 16.7 Å².